The number of nitrogens with zero attached hydrogens (tertiary/aromatic N) is 2. The van der Waals surface area contributed by atoms with Gasteiger partial charge in [0.15, 0.2) is 0 Å². The Hall–Kier alpha value is -6.62. The second kappa shape index (κ2) is 28.0. The SMILES string of the molecule is C=CCOC(=O)CNC(=O)C(=O)[C@H](CCC)NC(=O)[C@@H]1CN(Cc2ccc(Cl)c(Cl)c2)C(=O)N1C(=O)[C@@H](NC(=O)[C@@H](NC(=O)[C@H](CCC(=O)O)NC(=O)[C@H](CCC(=O)O)NC(C)=O)C(C)C)C(C)C. The van der Waals surface area contributed by atoms with Gasteiger partial charge in [0.2, 0.25) is 35.3 Å². The molecule has 8 N–H and O–H groups in total. The van der Waals surface area contributed by atoms with Gasteiger partial charge in [0.05, 0.1) is 22.6 Å². The molecule has 1 aliphatic heterocycles. The number of carboxylic acids is 2. The van der Waals surface area contributed by atoms with Gasteiger partial charge >= 0.3 is 23.9 Å². The van der Waals surface area contributed by atoms with Crippen LogP contribution in [-0.2, 0) is 64.0 Å². The number of ether oxygens (including phenoxy) is 1. The normalized spacial score (nSPS) is 15.4. The molecule has 2 rings (SSSR count). The first-order chi connectivity index (χ1) is 32.3. The van der Waals surface area contributed by atoms with Crippen molar-refractivity contribution in [3.8, 4) is 0 Å². The van der Waals surface area contributed by atoms with Crippen LogP contribution >= 0.6 is 23.2 Å². The number of imide groups is 1. The summed E-state index contributed by atoms with van der Waals surface area (Å²) in [5.41, 5.74) is 0.446. The van der Waals surface area contributed by atoms with Gasteiger partial charge in [-0.05, 0) is 48.8 Å². The van der Waals surface area contributed by atoms with Crippen LogP contribution in [0.1, 0.15) is 85.6 Å². The first-order valence-corrected chi connectivity index (χ1v) is 22.6. The van der Waals surface area contributed by atoms with E-state index in [0.717, 1.165) is 11.8 Å². The maximum absolute atomic E-state index is 14.7. The van der Waals surface area contributed by atoms with Crippen molar-refractivity contribution < 1.29 is 72.5 Å². The van der Waals surface area contributed by atoms with Crippen LogP contribution < -0.4 is 31.9 Å². The summed E-state index contributed by atoms with van der Waals surface area (Å²) in [6, 6.07) is -5.75. The molecular formula is C44H60Cl2N8O15. The number of ketones is 1. The Morgan fingerprint density at radius 1 is 0.783 bits per heavy atom. The van der Waals surface area contributed by atoms with Crippen LogP contribution in [0, 0.1) is 11.8 Å². The van der Waals surface area contributed by atoms with Crippen LogP contribution in [0.2, 0.25) is 10.0 Å². The van der Waals surface area contributed by atoms with Gasteiger partial charge in [-0.25, -0.2) is 9.69 Å². The van der Waals surface area contributed by atoms with E-state index in [0.29, 0.717) is 10.5 Å². The van der Waals surface area contributed by atoms with Crippen LogP contribution in [0.3, 0.4) is 0 Å². The van der Waals surface area contributed by atoms with Crippen LogP contribution in [0.5, 0.6) is 0 Å². The fourth-order valence-corrected chi connectivity index (χ4v) is 7.13. The van der Waals surface area contributed by atoms with E-state index in [-0.39, 0.29) is 42.5 Å². The van der Waals surface area contributed by atoms with Crippen molar-refractivity contribution in [3.63, 3.8) is 0 Å². The highest BCUT2D eigenvalue weighted by Crippen LogP contribution is 2.27. The molecule has 1 heterocycles. The smallest absolute Gasteiger partial charge is 0.327 e. The number of Topliss-reactive ketones (excluding diaryl/α,β-unsaturated/α-hetero) is 1. The highest BCUT2D eigenvalue weighted by Gasteiger charge is 2.49. The fourth-order valence-electron chi connectivity index (χ4n) is 6.81. The third-order valence-electron chi connectivity index (χ3n) is 10.4. The zero-order chi connectivity index (χ0) is 52.3. The number of benzene rings is 1. The molecule has 0 aromatic heterocycles. The summed E-state index contributed by atoms with van der Waals surface area (Å²) < 4.78 is 4.80. The summed E-state index contributed by atoms with van der Waals surface area (Å²) in [6.45, 7) is 10.8. The average Bonchev–Trinajstić information content (AvgIpc) is 3.60. The predicted molar refractivity (Wildman–Crippen MR) is 246 cm³/mol. The van der Waals surface area contributed by atoms with Crippen molar-refractivity contribution in [2.75, 3.05) is 19.7 Å². The number of halogens is 2. The molecule has 0 spiro atoms. The lowest BCUT2D eigenvalue weighted by Gasteiger charge is -2.31. The molecule has 0 aliphatic carbocycles. The van der Waals surface area contributed by atoms with Crippen LogP contribution in [0.4, 0.5) is 4.79 Å². The van der Waals surface area contributed by atoms with Gasteiger partial charge in [-0.2, -0.15) is 0 Å². The van der Waals surface area contributed by atoms with E-state index in [1.807, 2.05) is 0 Å². The van der Waals surface area contributed by atoms with Gasteiger partial charge in [-0.1, -0.05) is 83.0 Å². The Kier molecular flexibility index (Phi) is 23.8. The minimum Gasteiger partial charge on any atom is -0.481 e. The number of amides is 9. The number of hydrogen-bond acceptors (Lipinski definition) is 13. The minimum atomic E-state index is -1.66. The van der Waals surface area contributed by atoms with Crippen LogP contribution in [0.15, 0.2) is 30.9 Å². The molecule has 0 unspecified atom stereocenters. The van der Waals surface area contributed by atoms with Gasteiger partial charge in [0.25, 0.3) is 11.8 Å². The van der Waals surface area contributed by atoms with Crippen molar-refractivity contribution >= 4 is 94.3 Å². The van der Waals surface area contributed by atoms with Gasteiger partial charge in [0.1, 0.15) is 43.4 Å². The third kappa shape index (κ3) is 18.4. The molecule has 1 aromatic carbocycles. The standard InChI is InChI=1S/C44H60Cl2N8O15/c1-8-10-28(37(61)42(66)47-19-34(60)69-17-9-2)49-40(64)31-21-53(20-25-11-12-26(45)27(46)18-25)44(68)54(31)43(67)36(23(5)6)52-41(65)35(22(3)4)51-39(63)30(14-16-33(58)59)50-38(62)29(48-24(7)55)13-15-32(56)57/h9,11-12,18,22-23,28-31,35-36H,2,8,10,13-17,19-21H2,1,3-7H3,(H,47,66)(H,48,55)(H,49,64)(H,50,62)(H,51,63)(H,52,65)(H,56,57)(H,58,59)/t28-,29-,30-,31-,35-,36-/m0/s1. The van der Waals surface area contributed by atoms with Crippen LogP contribution in [0.25, 0.3) is 0 Å². The lowest BCUT2D eigenvalue weighted by molar-refractivity contribution is -0.145. The summed E-state index contributed by atoms with van der Waals surface area (Å²) in [6.07, 6.45) is -0.581. The zero-order valence-corrected chi connectivity index (χ0v) is 40.6. The van der Waals surface area contributed by atoms with E-state index in [1.165, 1.54) is 45.9 Å². The minimum absolute atomic E-state index is 0.0745. The number of aliphatic carboxylic acids is 2. The Bertz CT molecular complexity index is 2140. The first kappa shape index (κ1) is 58.5. The molecule has 6 atom stereocenters. The van der Waals surface area contributed by atoms with Gasteiger partial charge < -0.3 is 51.8 Å². The Morgan fingerprint density at radius 3 is 1.87 bits per heavy atom. The molecule has 9 amide bonds. The molecule has 0 saturated carbocycles. The second-order valence-corrected chi connectivity index (χ2v) is 17.5. The predicted octanol–water partition coefficient (Wildman–Crippen LogP) is 0.826. The molecule has 25 heteroatoms. The second-order valence-electron chi connectivity index (χ2n) is 16.6. The Morgan fingerprint density at radius 2 is 1.35 bits per heavy atom. The zero-order valence-electron chi connectivity index (χ0n) is 39.1. The van der Waals surface area contributed by atoms with E-state index in [1.54, 1.807) is 13.0 Å². The van der Waals surface area contributed by atoms with Crippen molar-refractivity contribution in [1.82, 2.24) is 41.7 Å². The third-order valence-corrected chi connectivity index (χ3v) is 11.1. The Balaban J connectivity index is 2.50. The van der Waals surface area contributed by atoms with E-state index in [2.05, 4.69) is 38.5 Å². The fraction of sp³-hybridized carbons (Fsp3) is 0.545. The van der Waals surface area contributed by atoms with Gasteiger partial charge in [-0.15, -0.1) is 0 Å². The summed E-state index contributed by atoms with van der Waals surface area (Å²) >= 11 is 12.3. The number of carboxylic acid groups (broad SMARTS) is 2. The number of rotatable bonds is 28. The summed E-state index contributed by atoms with van der Waals surface area (Å²) in [7, 11) is 0. The van der Waals surface area contributed by atoms with Crippen molar-refractivity contribution in [3.05, 3.63) is 46.5 Å². The maximum Gasteiger partial charge on any atom is 0.327 e. The molecule has 0 radical (unpaired) electrons. The molecule has 23 nitrogen and oxygen atoms in total. The number of urea groups is 1. The number of nitrogens with one attached hydrogen (secondary N) is 6. The average molecular weight is 1010 g/mol. The first-order valence-electron chi connectivity index (χ1n) is 21.9. The number of carbonyl (C=O) groups is 12. The highest BCUT2D eigenvalue weighted by atomic mass is 35.5. The monoisotopic (exact) mass is 1010 g/mol. The van der Waals surface area contributed by atoms with E-state index in [4.69, 9.17) is 33.0 Å². The van der Waals surface area contributed by atoms with Crippen molar-refractivity contribution in [1.29, 1.82) is 0 Å². The van der Waals surface area contributed by atoms with Crippen molar-refractivity contribution in [2.45, 2.75) is 123 Å². The highest BCUT2D eigenvalue weighted by molar-refractivity contribution is 6.42. The van der Waals surface area contributed by atoms with Crippen molar-refractivity contribution in [2.24, 2.45) is 11.8 Å². The summed E-state index contributed by atoms with van der Waals surface area (Å²) in [4.78, 5) is 159. The maximum atomic E-state index is 14.7. The lowest BCUT2D eigenvalue weighted by Crippen LogP contribution is -2.62. The molecule has 1 fully saturated rings. The largest absolute Gasteiger partial charge is 0.481 e. The van der Waals surface area contributed by atoms with Gasteiger partial charge in [0, 0.05) is 26.3 Å². The summed E-state index contributed by atoms with van der Waals surface area (Å²) in [5, 5.41) is 33.1. The molecule has 1 aromatic rings. The molecular weight excluding hydrogens is 951 g/mol. The van der Waals surface area contributed by atoms with E-state index in [9.17, 15) is 62.6 Å². The van der Waals surface area contributed by atoms with Gasteiger partial charge in [-0.3, -0.25) is 52.7 Å². The summed E-state index contributed by atoms with van der Waals surface area (Å²) in [5.74, 6) is -13.3. The Labute approximate surface area is 408 Å². The number of hydrogen-bond donors (Lipinski definition) is 8. The van der Waals surface area contributed by atoms with E-state index < -0.39 is 152 Å². The molecule has 1 saturated heterocycles. The molecule has 69 heavy (non-hydrogen) atoms. The molecule has 0 bridgehead atoms. The molecule has 380 valence electrons. The molecule has 1 aliphatic rings. The quantitative estimate of drug-likeness (QED) is 0.0327. The number of esters is 1. The lowest BCUT2D eigenvalue weighted by atomic mass is 9.98. The van der Waals surface area contributed by atoms with Crippen LogP contribution in [-0.4, -0.2) is 147 Å². The van der Waals surface area contributed by atoms with E-state index >= 15 is 0 Å². The number of carbonyl (C=O) groups excluding carboxylic acids is 10. The topological polar surface area (TPSA) is 333 Å².